The molecule has 2 nitrogen and oxygen atoms in total. The van der Waals surface area contributed by atoms with Gasteiger partial charge in [-0.15, -0.1) is 0 Å². The van der Waals surface area contributed by atoms with Crippen LogP contribution >= 0.6 is 0 Å². The molecule has 1 aliphatic heterocycles. The zero-order chi connectivity index (χ0) is 8.39. The number of allylic oxidation sites excluding steroid dienone is 3. The highest BCUT2D eigenvalue weighted by atomic mass is 14.9. The molecule has 0 bridgehead atoms. The van der Waals surface area contributed by atoms with Crippen molar-refractivity contribution in [2.24, 2.45) is 0 Å². The van der Waals surface area contributed by atoms with Crippen LogP contribution in [0, 0.1) is 0 Å². The van der Waals surface area contributed by atoms with Gasteiger partial charge in [0.25, 0.3) is 0 Å². The van der Waals surface area contributed by atoms with Crippen LogP contribution in [0.5, 0.6) is 0 Å². The van der Waals surface area contributed by atoms with E-state index in [1.807, 2.05) is 12.3 Å². The quantitative estimate of drug-likeness (QED) is 0.651. The summed E-state index contributed by atoms with van der Waals surface area (Å²) in [7, 11) is 0. The van der Waals surface area contributed by atoms with Crippen molar-refractivity contribution >= 4 is 0 Å². The van der Waals surface area contributed by atoms with Gasteiger partial charge < -0.3 is 4.98 Å². The smallest absolute Gasteiger partial charge is 0.119 e. The molecule has 0 amide bonds. The third kappa shape index (κ3) is 1.21. The highest BCUT2D eigenvalue weighted by Gasteiger charge is 2.16. The van der Waals surface area contributed by atoms with Crippen LogP contribution in [0.25, 0.3) is 0 Å². The Kier molecular flexibility index (Phi) is 1.84. The number of nitrogens with one attached hydrogen (secondary N) is 1. The molecule has 0 fully saturated rings. The van der Waals surface area contributed by atoms with E-state index < -0.39 is 0 Å². The molecule has 62 valence electrons. The molecule has 0 spiro atoms. The Labute approximate surface area is 72.0 Å². The molecule has 2 rings (SSSR count). The number of rotatable bonds is 2. The van der Waals surface area contributed by atoms with Crippen LogP contribution in [0.15, 0.2) is 42.4 Å². The maximum absolute atomic E-state index is 3.23. The highest BCUT2D eigenvalue weighted by Crippen LogP contribution is 2.18. The minimum Gasteiger partial charge on any atom is -0.364 e. The lowest BCUT2D eigenvalue weighted by atomic mass is 10.0. The summed E-state index contributed by atoms with van der Waals surface area (Å²) in [6, 6.07) is 4.16. The Morgan fingerprint density at radius 2 is 2.42 bits per heavy atom. The third-order valence-electron chi connectivity index (χ3n) is 2.28. The van der Waals surface area contributed by atoms with Gasteiger partial charge in [0.2, 0.25) is 0 Å². The second kappa shape index (κ2) is 2.99. The summed E-state index contributed by atoms with van der Waals surface area (Å²) in [6.45, 7) is 2.21. The van der Waals surface area contributed by atoms with E-state index >= 15 is 0 Å². The maximum atomic E-state index is 3.23. The molecule has 1 aromatic rings. The number of aromatic nitrogens is 1. The molecule has 1 unspecified atom stereocenters. The van der Waals surface area contributed by atoms with Crippen molar-refractivity contribution in [2.45, 2.75) is 12.8 Å². The monoisotopic (exact) mass is 161 g/mol. The van der Waals surface area contributed by atoms with Crippen LogP contribution in [-0.4, -0.2) is 4.98 Å². The predicted octanol–water partition coefficient (Wildman–Crippen LogP) is 1.09. The fourth-order valence-corrected chi connectivity index (χ4v) is 1.47. The molecular formula is C10H13N2+. The normalized spacial score (nSPS) is 17.9. The highest BCUT2D eigenvalue weighted by molar-refractivity contribution is 5.22. The van der Waals surface area contributed by atoms with Gasteiger partial charge in [-0.05, 0) is 25.1 Å². The molecular weight excluding hydrogens is 148 g/mol. The molecule has 12 heavy (non-hydrogen) atoms. The van der Waals surface area contributed by atoms with E-state index in [9.17, 15) is 0 Å². The average molecular weight is 161 g/mol. The van der Waals surface area contributed by atoms with E-state index in [-0.39, 0.29) is 0 Å². The van der Waals surface area contributed by atoms with Gasteiger partial charge in [0.15, 0.2) is 0 Å². The number of aromatic amines is 1. The molecule has 3 N–H and O–H groups in total. The topological polar surface area (TPSA) is 32.4 Å². The lowest BCUT2D eigenvalue weighted by Gasteiger charge is -2.06. The summed E-state index contributed by atoms with van der Waals surface area (Å²) >= 11 is 0. The SMILES string of the molecule is CC(C1=CC=C[NH2+]1)c1ccc[nH]1. The van der Waals surface area contributed by atoms with Gasteiger partial charge in [-0.3, -0.25) is 5.32 Å². The molecule has 1 aliphatic rings. The van der Waals surface area contributed by atoms with Gasteiger partial charge in [-0.2, -0.15) is 0 Å². The van der Waals surface area contributed by atoms with Crippen LogP contribution < -0.4 is 5.32 Å². The lowest BCUT2D eigenvalue weighted by molar-refractivity contribution is -0.535. The summed E-state index contributed by atoms with van der Waals surface area (Å²) in [6.07, 6.45) is 8.28. The first-order valence-corrected chi connectivity index (χ1v) is 4.23. The Morgan fingerprint density at radius 3 is 3.00 bits per heavy atom. The van der Waals surface area contributed by atoms with Crippen molar-refractivity contribution in [1.82, 2.24) is 4.98 Å². The number of hydrogen-bond donors (Lipinski definition) is 2. The largest absolute Gasteiger partial charge is 0.364 e. The Hall–Kier alpha value is -1.28. The molecule has 2 heteroatoms. The first kappa shape index (κ1) is 7.37. The zero-order valence-corrected chi connectivity index (χ0v) is 7.12. The first-order chi connectivity index (χ1) is 5.88. The fourth-order valence-electron chi connectivity index (χ4n) is 1.47. The van der Waals surface area contributed by atoms with E-state index in [4.69, 9.17) is 0 Å². The van der Waals surface area contributed by atoms with E-state index in [1.54, 1.807) is 0 Å². The van der Waals surface area contributed by atoms with Crippen molar-refractivity contribution in [1.29, 1.82) is 0 Å². The molecule has 0 saturated heterocycles. The zero-order valence-electron chi connectivity index (χ0n) is 7.12. The summed E-state index contributed by atoms with van der Waals surface area (Å²) in [5.74, 6) is 0.481. The van der Waals surface area contributed by atoms with E-state index in [1.165, 1.54) is 11.4 Å². The van der Waals surface area contributed by atoms with Crippen molar-refractivity contribution in [3.8, 4) is 0 Å². The Balaban J connectivity index is 2.16. The standard InChI is InChI=1S/C10H12N2/c1-8(9-4-2-6-11-9)10-5-3-7-12-10/h2-8,11-12H,1H3/p+1. The lowest BCUT2D eigenvalue weighted by Crippen LogP contribution is -2.75. The van der Waals surface area contributed by atoms with Crippen LogP contribution in [0.4, 0.5) is 0 Å². The summed E-state index contributed by atoms with van der Waals surface area (Å²) in [5, 5.41) is 2.16. The van der Waals surface area contributed by atoms with Gasteiger partial charge in [0.05, 0.1) is 12.1 Å². The number of nitrogens with two attached hydrogens (primary N) is 1. The van der Waals surface area contributed by atoms with Gasteiger partial charge in [0.1, 0.15) is 5.70 Å². The molecule has 1 aromatic heterocycles. The molecule has 0 aromatic carbocycles. The Morgan fingerprint density at radius 1 is 1.50 bits per heavy atom. The molecule has 0 aliphatic carbocycles. The second-order valence-electron chi connectivity index (χ2n) is 3.07. The van der Waals surface area contributed by atoms with Crippen molar-refractivity contribution in [3.63, 3.8) is 0 Å². The minimum absolute atomic E-state index is 0.481. The second-order valence-corrected chi connectivity index (χ2v) is 3.07. The van der Waals surface area contributed by atoms with Crippen LogP contribution in [0.1, 0.15) is 18.5 Å². The average Bonchev–Trinajstić information content (AvgIpc) is 2.77. The molecule has 0 saturated carbocycles. The van der Waals surface area contributed by atoms with Gasteiger partial charge in [0, 0.05) is 18.0 Å². The predicted molar refractivity (Wildman–Crippen MR) is 48.4 cm³/mol. The Bertz CT molecular complexity index is 307. The third-order valence-corrected chi connectivity index (χ3v) is 2.28. The summed E-state index contributed by atoms with van der Waals surface area (Å²) < 4.78 is 0. The van der Waals surface area contributed by atoms with Gasteiger partial charge in [-0.25, -0.2) is 0 Å². The van der Waals surface area contributed by atoms with Crippen molar-refractivity contribution in [3.05, 3.63) is 48.1 Å². The van der Waals surface area contributed by atoms with Crippen LogP contribution in [0.3, 0.4) is 0 Å². The molecule has 0 radical (unpaired) electrons. The van der Waals surface area contributed by atoms with E-state index in [2.05, 4.69) is 41.6 Å². The minimum atomic E-state index is 0.481. The van der Waals surface area contributed by atoms with Gasteiger partial charge in [-0.1, -0.05) is 0 Å². The van der Waals surface area contributed by atoms with E-state index in [0.29, 0.717) is 5.92 Å². The van der Waals surface area contributed by atoms with Crippen molar-refractivity contribution < 1.29 is 5.32 Å². The number of hydrogen-bond acceptors (Lipinski definition) is 0. The maximum Gasteiger partial charge on any atom is 0.119 e. The number of H-pyrrole nitrogens is 1. The van der Waals surface area contributed by atoms with E-state index in [0.717, 1.165) is 0 Å². The summed E-state index contributed by atoms with van der Waals surface area (Å²) in [4.78, 5) is 3.23. The van der Waals surface area contributed by atoms with Crippen molar-refractivity contribution in [2.75, 3.05) is 0 Å². The van der Waals surface area contributed by atoms with Crippen LogP contribution in [-0.2, 0) is 0 Å². The fraction of sp³-hybridized carbons (Fsp3) is 0.200. The summed E-state index contributed by atoms with van der Waals surface area (Å²) in [5.41, 5.74) is 2.65. The molecule has 2 heterocycles. The molecule has 1 atom stereocenters. The first-order valence-electron chi connectivity index (χ1n) is 4.23. The van der Waals surface area contributed by atoms with Crippen LogP contribution in [0.2, 0.25) is 0 Å². The van der Waals surface area contributed by atoms with Gasteiger partial charge >= 0.3 is 0 Å². The number of quaternary nitrogens is 1.